The predicted octanol–water partition coefficient (Wildman–Crippen LogP) is 4.57. The quantitative estimate of drug-likeness (QED) is 0.624. The molecule has 0 aliphatic carbocycles. The second-order valence-electron chi connectivity index (χ2n) is 5.38. The van der Waals surface area contributed by atoms with E-state index in [1.54, 1.807) is 24.4 Å². The third-order valence-electron chi connectivity index (χ3n) is 3.48. The fourth-order valence-electron chi connectivity index (χ4n) is 2.27. The van der Waals surface area contributed by atoms with Crippen LogP contribution in [0.25, 0.3) is 0 Å². The van der Waals surface area contributed by atoms with Gasteiger partial charge in [0, 0.05) is 12.4 Å². The van der Waals surface area contributed by atoms with E-state index in [0.717, 1.165) is 17.6 Å². The molecule has 0 aliphatic heterocycles. The molecule has 0 amide bonds. The number of aryl methyl sites for hydroxylation is 1. The monoisotopic (exact) mass is 319 g/mol. The molecule has 2 aromatic carbocycles. The van der Waals surface area contributed by atoms with Gasteiger partial charge < -0.3 is 9.47 Å². The summed E-state index contributed by atoms with van der Waals surface area (Å²) in [6.07, 6.45) is 3.78. The van der Waals surface area contributed by atoms with Crippen LogP contribution in [-0.2, 0) is 6.61 Å². The van der Waals surface area contributed by atoms with Crippen molar-refractivity contribution < 1.29 is 14.3 Å². The minimum Gasteiger partial charge on any atom is -0.489 e. The third-order valence-corrected chi connectivity index (χ3v) is 3.48. The number of nitrogens with zero attached hydrogens (tertiary/aromatic N) is 1. The van der Waals surface area contributed by atoms with Crippen molar-refractivity contribution >= 4 is 6.29 Å². The van der Waals surface area contributed by atoms with E-state index in [0.29, 0.717) is 23.7 Å². The lowest BCUT2D eigenvalue weighted by atomic mass is 10.1. The molecule has 0 radical (unpaired) electrons. The van der Waals surface area contributed by atoms with E-state index in [1.807, 2.05) is 24.3 Å². The number of carbonyl (C=O) groups is 1. The van der Waals surface area contributed by atoms with Crippen LogP contribution in [0.4, 0.5) is 0 Å². The topological polar surface area (TPSA) is 48.4 Å². The van der Waals surface area contributed by atoms with Gasteiger partial charge in [0.05, 0.1) is 5.56 Å². The van der Waals surface area contributed by atoms with E-state index < -0.39 is 0 Å². The van der Waals surface area contributed by atoms with Crippen LogP contribution in [0.15, 0.2) is 67.0 Å². The largest absolute Gasteiger partial charge is 0.489 e. The van der Waals surface area contributed by atoms with Crippen LogP contribution in [0.5, 0.6) is 17.2 Å². The number of carbonyl (C=O) groups excluding carboxylic acids is 1. The molecule has 4 heteroatoms. The first-order valence-electron chi connectivity index (χ1n) is 7.60. The molecular formula is C20H17NO3. The van der Waals surface area contributed by atoms with Crippen LogP contribution < -0.4 is 9.47 Å². The summed E-state index contributed by atoms with van der Waals surface area (Å²) in [6, 6.07) is 17.2. The number of aldehydes is 1. The molecule has 0 fully saturated rings. The second-order valence-corrected chi connectivity index (χ2v) is 5.38. The number of aromatic nitrogens is 1. The second kappa shape index (κ2) is 7.42. The van der Waals surface area contributed by atoms with Gasteiger partial charge in [-0.3, -0.25) is 9.78 Å². The smallest absolute Gasteiger partial charge is 0.155 e. The first-order valence-corrected chi connectivity index (χ1v) is 7.60. The summed E-state index contributed by atoms with van der Waals surface area (Å²) < 4.78 is 11.5. The van der Waals surface area contributed by atoms with Crippen molar-refractivity contribution in [2.24, 2.45) is 0 Å². The standard InChI is InChI=1S/C20H17NO3/c1-15-3-2-4-16(11-15)14-23-18-5-7-19(8-6-18)24-20-9-10-21-12-17(20)13-22/h2-13H,14H2,1H3. The summed E-state index contributed by atoms with van der Waals surface area (Å²) in [4.78, 5) is 14.9. The van der Waals surface area contributed by atoms with Crippen LogP contribution in [0.1, 0.15) is 21.5 Å². The molecule has 24 heavy (non-hydrogen) atoms. The normalized spacial score (nSPS) is 10.2. The molecule has 0 aliphatic rings. The van der Waals surface area contributed by atoms with Crippen LogP contribution >= 0.6 is 0 Å². The van der Waals surface area contributed by atoms with E-state index in [4.69, 9.17) is 9.47 Å². The maximum Gasteiger partial charge on any atom is 0.155 e. The highest BCUT2D eigenvalue weighted by molar-refractivity contribution is 5.78. The molecule has 0 N–H and O–H groups in total. The number of benzene rings is 2. The Morgan fingerprint density at radius 3 is 2.58 bits per heavy atom. The molecule has 0 spiro atoms. The molecular weight excluding hydrogens is 302 g/mol. The van der Waals surface area contributed by atoms with Crippen molar-refractivity contribution in [1.82, 2.24) is 4.98 Å². The molecule has 1 heterocycles. The Labute approximate surface area is 140 Å². The Morgan fingerprint density at radius 2 is 1.83 bits per heavy atom. The van der Waals surface area contributed by atoms with Crippen LogP contribution in [0.3, 0.4) is 0 Å². The van der Waals surface area contributed by atoms with Gasteiger partial charge in [-0.25, -0.2) is 0 Å². The molecule has 120 valence electrons. The van der Waals surface area contributed by atoms with Gasteiger partial charge in [0.15, 0.2) is 6.29 Å². The minimum absolute atomic E-state index is 0.414. The summed E-state index contributed by atoms with van der Waals surface area (Å²) >= 11 is 0. The van der Waals surface area contributed by atoms with Gasteiger partial charge in [-0.2, -0.15) is 0 Å². The lowest BCUT2D eigenvalue weighted by Gasteiger charge is -2.10. The highest BCUT2D eigenvalue weighted by Gasteiger charge is 2.04. The molecule has 0 atom stereocenters. The minimum atomic E-state index is 0.414. The number of rotatable bonds is 6. The highest BCUT2D eigenvalue weighted by atomic mass is 16.5. The van der Waals surface area contributed by atoms with Gasteiger partial charge in [0.25, 0.3) is 0 Å². The maximum absolute atomic E-state index is 11.0. The molecule has 3 aromatic rings. The van der Waals surface area contributed by atoms with Gasteiger partial charge in [-0.1, -0.05) is 29.8 Å². The Morgan fingerprint density at radius 1 is 1.04 bits per heavy atom. The third kappa shape index (κ3) is 3.98. The number of hydrogen-bond acceptors (Lipinski definition) is 4. The number of hydrogen-bond donors (Lipinski definition) is 0. The van der Waals surface area contributed by atoms with Crippen molar-refractivity contribution in [2.45, 2.75) is 13.5 Å². The summed E-state index contributed by atoms with van der Waals surface area (Å²) in [5, 5.41) is 0. The van der Waals surface area contributed by atoms with Crippen molar-refractivity contribution in [2.75, 3.05) is 0 Å². The molecule has 0 unspecified atom stereocenters. The van der Waals surface area contributed by atoms with Gasteiger partial charge in [-0.15, -0.1) is 0 Å². The zero-order valence-corrected chi connectivity index (χ0v) is 13.3. The van der Waals surface area contributed by atoms with Crippen LogP contribution in [0, 0.1) is 6.92 Å². The molecule has 0 saturated heterocycles. The average Bonchev–Trinajstić information content (AvgIpc) is 2.62. The Balaban J connectivity index is 1.64. The van der Waals surface area contributed by atoms with Gasteiger partial charge in [0.2, 0.25) is 0 Å². The Hall–Kier alpha value is -3.14. The Bertz CT molecular complexity index is 828. The zero-order chi connectivity index (χ0) is 16.8. The molecule has 0 saturated carbocycles. The van der Waals surface area contributed by atoms with E-state index in [2.05, 4.69) is 24.0 Å². The average molecular weight is 319 g/mol. The SMILES string of the molecule is Cc1cccc(COc2ccc(Oc3ccncc3C=O)cc2)c1. The summed E-state index contributed by atoms with van der Waals surface area (Å²) in [6.45, 7) is 2.57. The van der Waals surface area contributed by atoms with Crippen LogP contribution in [0.2, 0.25) is 0 Å². The van der Waals surface area contributed by atoms with Gasteiger partial charge in [0.1, 0.15) is 23.9 Å². The summed E-state index contributed by atoms with van der Waals surface area (Å²) in [7, 11) is 0. The van der Waals surface area contributed by atoms with E-state index in [9.17, 15) is 4.79 Å². The first-order chi connectivity index (χ1) is 11.7. The fourth-order valence-corrected chi connectivity index (χ4v) is 2.27. The van der Waals surface area contributed by atoms with Crippen molar-refractivity contribution in [3.63, 3.8) is 0 Å². The van der Waals surface area contributed by atoms with Crippen molar-refractivity contribution in [1.29, 1.82) is 0 Å². The number of ether oxygens (including phenoxy) is 2. The highest BCUT2D eigenvalue weighted by Crippen LogP contribution is 2.25. The summed E-state index contributed by atoms with van der Waals surface area (Å²) in [5.74, 6) is 1.87. The lowest BCUT2D eigenvalue weighted by Crippen LogP contribution is -1.96. The van der Waals surface area contributed by atoms with E-state index in [1.165, 1.54) is 11.8 Å². The number of pyridine rings is 1. The molecule has 4 nitrogen and oxygen atoms in total. The molecule has 0 bridgehead atoms. The van der Waals surface area contributed by atoms with Crippen molar-refractivity contribution in [3.8, 4) is 17.2 Å². The molecule has 3 rings (SSSR count). The lowest BCUT2D eigenvalue weighted by molar-refractivity contribution is 0.112. The Kier molecular flexibility index (Phi) is 4.87. The fraction of sp³-hybridized carbons (Fsp3) is 0.100. The zero-order valence-electron chi connectivity index (χ0n) is 13.3. The maximum atomic E-state index is 11.0. The first kappa shape index (κ1) is 15.7. The van der Waals surface area contributed by atoms with Crippen LogP contribution in [-0.4, -0.2) is 11.3 Å². The van der Waals surface area contributed by atoms with Gasteiger partial charge in [-0.05, 0) is 42.8 Å². The molecule has 1 aromatic heterocycles. The van der Waals surface area contributed by atoms with Crippen molar-refractivity contribution in [3.05, 3.63) is 83.7 Å². The van der Waals surface area contributed by atoms with E-state index in [-0.39, 0.29) is 0 Å². The predicted molar refractivity (Wildman–Crippen MR) is 91.7 cm³/mol. The van der Waals surface area contributed by atoms with E-state index >= 15 is 0 Å². The summed E-state index contributed by atoms with van der Waals surface area (Å²) in [5.41, 5.74) is 2.75. The van der Waals surface area contributed by atoms with Gasteiger partial charge >= 0.3 is 0 Å².